The van der Waals surface area contributed by atoms with Gasteiger partial charge in [-0.05, 0) is 34.1 Å². The van der Waals surface area contributed by atoms with Gasteiger partial charge in [-0.25, -0.2) is 4.39 Å². The van der Waals surface area contributed by atoms with E-state index in [9.17, 15) is 9.18 Å². The Labute approximate surface area is 138 Å². The number of ketones is 1. The minimum absolute atomic E-state index is 0.128. The fourth-order valence-electron chi connectivity index (χ4n) is 1.74. The van der Waals surface area contributed by atoms with Crippen molar-refractivity contribution < 1.29 is 13.9 Å². The highest BCUT2D eigenvalue weighted by Gasteiger charge is 2.19. The SMILES string of the molecule is COc1cc(Cl)c(C(=O)c2cc(N)c(F)cc2Br)cc1Cl. The van der Waals surface area contributed by atoms with Gasteiger partial charge in [-0.1, -0.05) is 23.2 Å². The van der Waals surface area contributed by atoms with Gasteiger partial charge in [-0.15, -0.1) is 0 Å². The first kappa shape index (κ1) is 16.1. The number of nitrogen functional groups attached to an aromatic ring is 1. The van der Waals surface area contributed by atoms with Gasteiger partial charge in [0.2, 0.25) is 0 Å². The fourth-order valence-corrected chi connectivity index (χ4v) is 2.72. The molecule has 0 amide bonds. The molecule has 2 aromatic carbocycles. The summed E-state index contributed by atoms with van der Waals surface area (Å²) in [5, 5.41) is 0.424. The van der Waals surface area contributed by atoms with Crippen molar-refractivity contribution in [3.63, 3.8) is 0 Å². The van der Waals surface area contributed by atoms with Gasteiger partial charge in [0.1, 0.15) is 11.6 Å². The molecule has 3 nitrogen and oxygen atoms in total. The number of methoxy groups -OCH3 is 1. The molecule has 2 aromatic rings. The summed E-state index contributed by atoms with van der Waals surface area (Å²) < 4.78 is 18.6. The van der Waals surface area contributed by atoms with E-state index in [-0.39, 0.29) is 31.3 Å². The lowest BCUT2D eigenvalue weighted by molar-refractivity contribution is 0.103. The molecule has 0 aliphatic carbocycles. The third-order valence-electron chi connectivity index (χ3n) is 2.82. The van der Waals surface area contributed by atoms with Gasteiger partial charge in [0.25, 0.3) is 0 Å². The summed E-state index contributed by atoms with van der Waals surface area (Å²) >= 11 is 15.2. The third kappa shape index (κ3) is 3.15. The Morgan fingerprint density at radius 2 is 1.86 bits per heavy atom. The summed E-state index contributed by atoms with van der Waals surface area (Å²) in [7, 11) is 1.44. The number of ether oxygens (including phenoxy) is 1. The van der Waals surface area contributed by atoms with E-state index in [1.165, 1.54) is 25.3 Å². The number of halogens is 4. The summed E-state index contributed by atoms with van der Waals surface area (Å²) in [4.78, 5) is 12.5. The predicted octanol–water partition coefficient (Wildman–Crippen LogP) is 4.72. The molecule has 0 aliphatic rings. The van der Waals surface area contributed by atoms with Crippen molar-refractivity contribution in [3.05, 3.63) is 55.7 Å². The zero-order chi connectivity index (χ0) is 15.7. The second kappa shape index (κ2) is 6.22. The van der Waals surface area contributed by atoms with Crippen LogP contribution in [0.15, 0.2) is 28.7 Å². The molecule has 7 heteroatoms. The van der Waals surface area contributed by atoms with Crippen LogP contribution in [0.2, 0.25) is 10.0 Å². The minimum Gasteiger partial charge on any atom is -0.495 e. The maximum Gasteiger partial charge on any atom is 0.195 e. The number of nitrogens with two attached hydrogens (primary N) is 1. The Morgan fingerprint density at radius 3 is 2.48 bits per heavy atom. The lowest BCUT2D eigenvalue weighted by Crippen LogP contribution is -2.06. The predicted molar refractivity (Wildman–Crippen MR) is 85.0 cm³/mol. The Hall–Kier alpha value is -1.30. The van der Waals surface area contributed by atoms with E-state index in [0.717, 1.165) is 6.07 Å². The molecule has 0 atom stereocenters. The van der Waals surface area contributed by atoms with Crippen molar-refractivity contribution >= 4 is 50.6 Å². The minimum atomic E-state index is -0.614. The van der Waals surface area contributed by atoms with E-state index < -0.39 is 11.6 Å². The molecule has 0 saturated heterocycles. The summed E-state index contributed by atoms with van der Waals surface area (Å²) in [6.07, 6.45) is 0. The topological polar surface area (TPSA) is 52.3 Å². The van der Waals surface area contributed by atoms with E-state index in [1.54, 1.807) is 0 Å². The van der Waals surface area contributed by atoms with Gasteiger partial charge >= 0.3 is 0 Å². The van der Waals surface area contributed by atoms with Gasteiger partial charge in [0.05, 0.1) is 22.8 Å². The molecule has 0 unspecified atom stereocenters. The van der Waals surface area contributed by atoms with Crippen molar-refractivity contribution in [2.75, 3.05) is 12.8 Å². The zero-order valence-corrected chi connectivity index (χ0v) is 13.8. The molecular weight excluding hydrogens is 384 g/mol. The van der Waals surface area contributed by atoms with Gasteiger partial charge in [-0.3, -0.25) is 4.79 Å². The van der Waals surface area contributed by atoms with Crippen molar-refractivity contribution in [2.24, 2.45) is 0 Å². The molecule has 0 saturated carbocycles. The van der Waals surface area contributed by atoms with E-state index in [1.807, 2.05) is 0 Å². The van der Waals surface area contributed by atoms with Crippen LogP contribution in [0, 0.1) is 5.82 Å². The normalized spacial score (nSPS) is 10.5. The number of carbonyl (C=O) groups is 1. The maximum absolute atomic E-state index is 13.3. The van der Waals surface area contributed by atoms with Crippen LogP contribution in [0.5, 0.6) is 5.75 Å². The smallest absolute Gasteiger partial charge is 0.195 e. The van der Waals surface area contributed by atoms with Crippen LogP contribution in [0.25, 0.3) is 0 Å². The lowest BCUT2D eigenvalue weighted by atomic mass is 10.0. The van der Waals surface area contributed by atoms with Gasteiger partial charge < -0.3 is 10.5 Å². The third-order valence-corrected chi connectivity index (χ3v) is 4.08. The summed E-state index contributed by atoms with van der Waals surface area (Å²) in [5.41, 5.74) is 5.73. The second-order valence-electron chi connectivity index (χ2n) is 4.15. The molecule has 0 spiro atoms. The van der Waals surface area contributed by atoms with Crippen LogP contribution in [0.1, 0.15) is 15.9 Å². The Morgan fingerprint density at radius 1 is 1.19 bits per heavy atom. The van der Waals surface area contributed by atoms with Crippen molar-refractivity contribution in [3.8, 4) is 5.75 Å². The Balaban J connectivity index is 2.55. The number of anilines is 1. The molecule has 2 N–H and O–H groups in total. The maximum atomic E-state index is 13.3. The molecule has 0 bridgehead atoms. The average Bonchev–Trinajstić information content (AvgIpc) is 2.44. The largest absolute Gasteiger partial charge is 0.495 e. The van der Waals surface area contributed by atoms with Crippen LogP contribution in [0.3, 0.4) is 0 Å². The average molecular weight is 393 g/mol. The van der Waals surface area contributed by atoms with Crippen molar-refractivity contribution in [1.29, 1.82) is 0 Å². The highest BCUT2D eigenvalue weighted by atomic mass is 79.9. The number of hydrogen-bond acceptors (Lipinski definition) is 3. The van der Waals surface area contributed by atoms with Gasteiger partial charge in [-0.2, -0.15) is 0 Å². The number of carbonyl (C=O) groups excluding carboxylic acids is 1. The van der Waals surface area contributed by atoms with Crippen LogP contribution in [-0.4, -0.2) is 12.9 Å². The Bertz CT molecular complexity index is 737. The molecular formula is C14H9BrCl2FNO2. The Kier molecular flexibility index (Phi) is 4.76. The van der Waals surface area contributed by atoms with Crippen LogP contribution < -0.4 is 10.5 Å². The van der Waals surface area contributed by atoms with E-state index in [4.69, 9.17) is 33.7 Å². The molecule has 21 heavy (non-hydrogen) atoms. The van der Waals surface area contributed by atoms with Gasteiger partial charge in [0, 0.05) is 21.7 Å². The fraction of sp³-hybridized carbons (Fsp3) is 0.0714. The lowest BCUT2D eigenvalue weighted by Gasteiger charge is -2.10. The molecule has 0 fully saturated rings. The molecule has 110 valence electrons. The quantitative estimate of drug-likeness (QED) is 0.607. The monoisotopic (exact) mass is 391 g/mol. The molecule has 0 heterocycles. The standard InChI is InChI=1S/C14H9BrCl2FNO2/c1-21-13-5-9(16)7(2-10(13)17)14(20)6-3-12(19)11(18)4-8(6)15/h2-5H,19H2,1H3. The molecule has 0 radical (unpaired) electrons. The number of hydrogen-bond donors (Lipinski definition) is 1. The van der Waals surface area contributed by atoms with Crippen LogP contribution >= 0.6 is 39.1 Å². The van der Waals surface area contributed by atoms with Crippen LogP contribution in [0.4, 0.5) is 10.1 Å². The van der Waals surface area contributed by atoms with Gasteiger partial charge in [0.15, 0.2) is 5.78 Å². The summed E-state index contributed by atoms with van der Waals surface area (Å²) in [5.74, 6) is -0.684. The first-order chi connectivity index (χ1) is 9.85. The second-order valence-corrected chi connectivity index (χ2v) is 5.82. The van der Waals surface area contributed by atoms with E-state index in [2.05, 4.69) is 15.9 Å². The number of rotatable bonds is 3. The molecule has 0 aromatic heterocycles. The molecule has 2 rings (SSSR count). The highest BCUT2D eigenvalue weighted by Crippen LogP contribution is 2.33. The molecule has 0 aliphatic heterocycles. The van der Waals surface area contributed by atoms with E-state index >= 15 is 0 Å². The van der Waals surface area contributed by atoms with Crippen molar-refractivity contribution in [1.82, 2.24) is 0 Å². The first-order valence-electron chi connectivity index (χ1n) is 5.67. The van der Waals surface area contributed by atoms with Crippen LogP contribution in [-0.2, 0) is 0 Å². The van der Waals surface area contributed by atoms with Crippen molar-refractivity contribution in [2.45, 2.75) is 0 Å². The summed E-state index contributed by atoms with van der Waals surface area (Å²) in [6, 6.07) is 5.22. The summed E-state index contributed by atoms with van der Waals surface area (Å²) in [6.45, 7) is 0. The number of benzene rings is 2. The highest BCUT2D eigenvalue weighted by molar-refractivity contribution is 9.10. The van der Waals surface area contributed by atoms with E-state index in [0.29, 0.717) is 5.75 Å². The zero-order valence-electron chi connectivity index (χ0n) is 10.7. The first-order valence-corrected chi connectivity index (χ1v) is 7.22.